The van der Waals surface area contributed by atoms with Crippen molar-refractivity contribution >= 4 is 40.0 Å². The number of fused-ring (bicyclic) bond motifs is 4. The monoisotopic (exact) mass is 738 g/mol. The van der Waals surface area contributed by atoms with Crippen LogP contribution in [-0.4, -0.2) is 69.2 Å². The van der Waals surface area contributed by atoms with Crippen LogP contribution in [0.1, 0.15) is 76.8 Å². The number of nitrogens with one attached hydrogen (secondary N) is 2. The molecular formula is C41H50N6O5S. The van der Waals surface area contributed by atoms with E-state index in [1.165, 1.54) is 11.3 Å². The van der Waals surface area contributed by atoms with E-state index in [1.807, 2.05) is 24.6 Å². The smallest absolute Gasteiger partial charge is 0.325 e. The molecule has 4 aromatic rings. The molecule has 0 spiro atoms. The predicted molar refractivity (Wildman–Crippen MR) is 204 cm³/mol. The summed E-state index contributed by atoms with van der Waals surface area (Å²) >= 11 is 1.50. The van der Waals surface area contributed by atoms with Crippen LogP contribution in [-0.2, 0) is 43.2 Å². The van der Waals surface area contributed by atoms with Gasteiger partial charge in [0.2, 0.25) is 5.91 Å². The molecule has 1 unspecified atom stereocenters. The zero-order valence-corrected chi connectivity index (χ0v) is 32.5. The highest BCUT2D eigenvalue weighted by molar-refractivity contribution is 7.10. The molecule has 2 saturated carbocycles. The standard InChI is InChI=1S/C41H50N6O5S/c1-8-46-32-12-11-24-16-28(32)29(37(46)27-10-9-13-42-35(27)23(4)51-7)18-41(5,6)20-52-40(50)36-25-14-26(15-25)47(45-36)39(49)30(17-33-43-31(24)19-53-33)44-38(48)34-21(2)22(34)3/h9-13,16,19,21-23,25-26,30,34,36,45H,8,14-15,17-18,20H2,1-7H3,(H,44,48)/t21-,22+,23-,25?,26?,30-,34?,36-/m0/s1. The summed E-state index contributed by atoms with van der Waals surface area (Å²) in [5, 5.41) is 8.61. The van der Waals surface area contributed by atoms with Gasteiger partial charge in [-0.15, -0.1) is 11.3 Å². The third-order valence-electron chi connectivity index (χ3n) is 12.3. The average molecular weight is 739 g/mol. The van der Waals surface area contributed by atoms with Gasteiger partial charge in [-0.1, -0.05) is 33.8 Å². The lowest BCUT2D eigenvalue weighted by Gasteiger charge is -2.53. The Labute approximate surface area is 314 Å². The van der Waals surface area contributed by atoms with Gasteiger partial charge in [0.25, 0.3) is 5.91 Å². The van der Waals surface area contributed by atoms with Crippen molar-refractivity contribution in [2.45, 2.75) is 98.0 Å². The minimum Gasteiger partial charge on any atom is -0.464 e. The lowest BCUT2D eigenvalue weighted by Crippen LogP contribution is -2.71. The zero-order valence-electron chi connectivity index (χ0n) is 31.6. The minimum absolute atomic E-state index is 0.0343. The Kier molecular flexibility index (Phi) is 9.22. The van der Waals surface area contributed by atoms with Crippen molar-refractivity contribution < 1.29 is 23.9 Å². The number of pyridine rings is 1. The fourth-order valence-electron chi connectivity index (χ4n) is 8.79. The minimum atomic E-state index is -0.820. The fraction of sp³-hybridized carbons (Fsp3) is 0.537. The Morgan fingerprint density at radius 2 is 1.96 bits per heavy atom. The van der Waals surface area contributed by atoms with Crippen LogP contribution >= 0.6 is 11.3 Å². The number of cyclic esters (lactones) is 1. The van der Waals surface area contributed by atoms with Gasteiger partial charge < -0.3 is 19.4 Å². The largest absolute Gasteiger partial charge is 0.464 e. The highest BCUT2D eigenvalue weighted by atomic mass is 32.1. The van der Waals surface area contributed by atoms with Crippen LogP contribution in [0.25, 0.3) is 33.4 Å². The SMILES string of the molecule is CCn1c(-c2cccnc2[C@H](C)OC)c2c3cc(ccc31)-c1csc(n1)C[C@H](NC(=O)C1[C@@H](C)[C@H]1C)C(=O)N1N[C@H](C(=O)OCC(C)(C)C2)C2CC1C2. The molecule has 11 nitrogen and oxygen atoms in total. The van der Waals surface area contributed by atoms with Crippen molar-refractivity contribution in [2.24, 2.45) is 29.1 Å². The molecule has 2 N–H and O–H groups in total. The number of nitrogens with zero attached hydrogens (tertiary/aromatic N) is 4. The van der Waals surface area contributed by atoms with E-state index in [-0.39, 0.29) is 66.6 Å². The quantitative estimate of drug-likeness (QED) is 0.227. The Balaban J connectivity index is 1.25. The van der Waals surface area contributed by atoms with E-state index in [0.29, 0.717) is 19.3 Å². The Morgan fingerprint density at radius 1 is 1.19 bits per heavy atom. The van der Waals surface area contributed by atoms with Gasteiger partial charge in [0, 0.05) is 71.1 Å². The van der Waals surface area contributed by atoms with Crippen molar-refractivity contribution in [1.29, 1.82) is 0 Å². The lowest BCUT2D eigenvalue weighted by atomic mass is 9.73. The molecule has 5 aliphatic rings. The summed E-state index contributed by atoms with van der Waals surface area (Å²) in [6.45, 7) is 13.5. The van der Waals surface area contributed by atoms with Gasteiger partial charge in [0.15, 0.2) is 0 Å². The zero-order chi connectivity index (χ0) is 37.3. The summed E-state index contributed by atoms with van der Waals surface area (Å²) in [5.41, 5.74) is 9.82. The molecule has 1 aromatic carbocycles. The molecule has 6 atom stereocenters. The third kappa shape index (κ3) is 6.36. The number of hydrogen-bond acceptors (Lipinski definition) is 9. The molecule has 6 heterocycles. The number of aromatic nitrogens is 3. The number of aryl methyl sites for hydroxylation is 1. The molecule has 8 bridgehead atoms. The predicted octanol–water partition coefficient (Wildman–Crippen LogP) is 6.10. The molecule has 2 saturated heterocycles. The molecule has 4 fully saturated rings. The molecule has 53 heavy (non-hydrogen) atoms. The lowest BCUT2D eigenvalue weighted by molar-refractivity contribution is -0.171. The summed E-state index contributed by atoms with van der Waals surface area (Å²) < 4.78 is 14.3. The molecule has 12 heteroatoms. The van der Waals surface area contributed by atoms with Crippen molar-refractivity contribution in [3.63, 3.8) is 0 Å². The molecule has 0 radical (unpaired) electrons. The number of hydrogen-bond donors (Lipinski definition) is 2. The first-order valence-corrected chi connectivity index (χ1v) is 19.9. The summed E-state index contributed by atoms with van der Waals surface area (Å²) in [5.74, 6) is -0.171. The van der Waals surface area contributed by atoms with Crippen LogP contribution in [0.4, 0.5) is 0 Å². The summed E-state index contributed by atoms with van der Waals surface area (Å²) in [7, 11) is 1.70. The maximum atomic E-state index is 14.3. The van der Waals surface area contributed by atoms with Crippen molar-refractivity contribution in [3.8, 4) is 22.5 Å². The highest BCUT2D eigenvalue weighted by Crippen LogP contribution is 2.46. The van der Waals surface area contributed by atoms with Crippen molar-refractivity contribution in [3.05, 3.63) is 58.2 Å². The number of benzene rings is 1. The van der Waals surface area contributed by atoms with Crippen LogP contribution in [0.3, 0.4) is 0 Å². The van der Waals surface area contributed by atoms with E-state index >= 15 is 0 Å². The van der Waals surface area contributed by atoms with Gasteiger partial charge in [-0.2, -0.15) is 0 Å². The Morgan fingerprint density at radius 3 is 2.68 bits per heavy atom. The molecule has 9 rings (SSSR count). The van der Waals surface area contributed by atoms with Gasteiger partial charge in [-0.25, -0.2) is 10.4 Å². The first kappa shape index (κ1) is 35.9. The van der Waals surface area contributed by atoms with E-state index in [9.17, 15) is 14.4 Å². The van der Waals surface area contributed by atoms with Gasteiger partial charge in [0.05, 0.1) is 34.8 Å². The number of amides is 2. The van der Waals surface area contributed by atoms with Gasteiger partial charge in [-0.05, 0) is 80.7 Å². The van der Waals surface area contributed by atoms with Crippen LogP contribution < -0.4 is 10.7 Å². The normalized spacial score (nSPS) is 28.5. The number of esters is 1. The molecule has 2 aliphatic carbocycles. The number of hydrazine groups is 1. The maximum Gasteiger partial charge on any atom is 0.325 e. The van der Waals surface area contributed by atoms with Gasteiger partial charge >= 0.3 is 5.97 Å². The number of thiazole rings is 1. The van der Waals surface area contributed by atoms with Crippen LogP contribution in [0.15, 0.2) is 41.9 Å². The van der Waals surface area contributed by atoms with Gasteiger partial charge in [0.1, 0.15) is 12.1 Å². The number of ether oxygens (including phenoxy) is 2. The second kappa shape index (κ2) is 13.6. The fourth-order valence-corrected chi connectivity index (χ4v) is 9.64. The number of methoxy groups -OCH3 is 1. The Hall–Kier alpha value is -4.13. The number of carbonyl (C=O) groups excluding carboxylic acids is 3. The van der Waals surface area contributed by atoms with Crippen LogP contribution in [0, 0.1) is 29.1 Å². The molecule has 3 aromatic heterocycles. The topological polar surface area (TPSA) is 128 Å². The Bertz CT molecular complexity index is 2080. The number of carbonyl (C=O) groups is 3. The van der Waals surface area contributed by atoms with Crippen LogP contribution in [0.5, 0.6) is 0 Å². The molecule has 280 valence electrons. The number of rotatable bonds is 6. The average Bonchev–Trinajstić information content (AvgIpc) is 3.42. The van der Waals surface area contributed by atoms with Gasteiger partial charge in [-0.3, -0.25) is 24.4 Å². The first-order valence-electron chi connectivity index (χ1n) is 19.0. The molecular weight excluding hydrogens is 689 g/mol. The molecule has 3 aliphatic heterocycles. The first-order chi connectivity index (χ1) is 25.4. The maximum absolute atomic E-state index is 14.3. The van der Waals surface area contributed by atoms with Crippen molar-refractivity contribution in [1.82, 2.24) is 30.3 Å². The van der Waals surface area contributed by atoms with Crippen LogP contribution in [0.2, 0.25) is 0 Å². The van der Waals surface area contributed by atoms with E-state index in [0.717, 1.165) is 56.2 Å². The summed E-state index contributed by atoms with van der Waals surface area (Å²) in [6.07, 6.45) is 3.92. The molecule has 2 amide bonds. The van der Waals surface area contributed by atoms with E-state index in [2.05, 4.69) is 74.2 Å². The summed E-state index contributed by atoms with van der Waals surface area (Å²) in [6, 6.07) is 9.09. The van der Waals surface area contributed by atoms with E-state index in [4.69, 9.17) is 19.4 Å². The second-order valence-electron chi connectivity index (χ2n) is 16.4. The highest BCUT2D eigenvalue weighted by Gasteiger charge is 2.52. The van der Waals surface area contributed by atoms with E-state index in [1.54, 1.807) is 12.1 Å². The summed E-state index contributed by atoms with van der Waals surface area (Å²) in [4.78, 5) is 51.5. The third-order valence-corrected chi connectivity index (χ3v) is 13.2. The van der Waals surface area contributed by atoms with Crippen molar-refractivity contribution in [2.75, 3.05) is 13.7 Å². The van der Waals surface area contributed by atoms with E-state index < -0.39 is 17.5 Å². The second-order valence-corrected chi connectivity index (χ2v) is 17.3.